The molecule has 0 fully saturated rings. The van der Waals surface area contributed by atoms with E-state index in [-0.39, 0.29) is 11.6 Å². The average molecular weight is 527 g/mol. The Labute approximate surface area is 228 Å². The number of pyridine rings is 1. The summed E-state index contributed by atoms with van der Waals surface area (Å²) < 4.78 is 1.96. The van der Waals surface area contributed by atoms with E-state index >= 15 is 0 Å². The number of hydrazone groups is 1. The third kappa shape index (κ3) is 4.41. The summed E-state index contributed by atoms with van der Waals surface area (Å²) in [6.07, 6.45) is 6.08. The molecule has 4 heterocycles. The number of thiazole rings is 1. The molecule has 0 aliphatic carbocycles. The number of anilines is 1. The predicted molar refractivity (Wildman–Crippen MR) is 155 cm³/mol. The van der Waals surface area contributed by atoms with E-state index in [0.717, 1.165) is 34.5 Å². The van der Waals surface area contributed by atoms with Crippen molar-refractivity contribution in [2.45, 2.75) is 12.5 Å². The molecule has 1 atom stereocenters. The van der Waals surface area contributed by atoms with Crippen molar-refractivity contribution in [2.24, 2.45) is 5.10 Å². The Kier molecular flexibility index (Phi) is 5.79. The molecule has 0 saturated heterocycles. The summed E-state index contributed by atoms with van der Waals surface area (Å²) in [6, 6.07) is 32.7. The van der Waals surface area contributed by atoms with E-state index < -0.39 is 0 Å². The number of benzene rings is 3. The molecule has 0 unspecified atom stereocenters. The highest BCUT2D eigenvalue weighted by Crippen LogP contribution is 2.36. The summed E-state index contributed by atoms with van der Waals surface area (Å²) in [7, 11) is 0. The number of rotatable bonds is 5. The van der Waals surface area contributed by atoms with Crippen molar-refractivity contribution in [1.82, 2.24) is 19.6 Å². The Morgan fingerprint density at radius 1 is 0.821 bits per heavy atom. The summed E-state index contributed by atoms with van der Waals surface area (Å²) in [5, 5.41) is 11.6. The molecule has 0 bridgehead atoms. The topological polar surface area (TPSA) is 75.8 Å². The second-order valence-electron chi connectivity index (χ2n) is 9.26. The second kappa shape index (κ2) is 9.74. The van der Waals surface area contributed by atoms with Crippen LogP contribution in [-0.2, 0) is 0 Å². The van der Waals surface area contributed by atoms with Gasteiger partial charge >= 0.3 is 0 Å². The summed E-state index contributed by atoms with van der Waals surface area (Å²) in [4.78, 5) is 22.2. The van der Waals surface area contributed by atoms with E-state index in [1.165, 1.54) is 21.4 Å². The quantitative estimate of drug-likeness (QED) is 0.312. The molecule has 8 heteroatoms. The summed E-state index contributed by atoms with van der Waals surface area (Å²) in [6.45, 7) is 0. The lowest BCUT2D eigenvalue weighted by Gasteiger charge is -2.24. The Morgan fingerprint density at radius 2 is 1.54 bits per heavy atom. The van der Waals surface area contributed by atoms with Crippen LogP contribution in [0.2, 0.25) is 0 Å². The van der Waals surface area contributed by atoms with Gasteiger partial charge in [0.25, 0.3) is 5.56 Å². The molecule has 0 radical (unpaired) electrons. The Morgan fingerprint density at radius 3 is 2.26 bits per heavy atom. The maximum Gasteiger partial charge on any atom is 0.291 e. The van der Waals surface area contributed by atoms with Gasteiger partial charge in [-0.1, -0.05) is 84.1 Å². The standard InChI is InChI=1S/C31H22N6OS/c38-30-28(39-31-33-29(35-37(30)31)24-15-17-32-18-16-24)19-21-11-13-25(14-12-21)36-27(23-9-5-2-6-10-23)20-26(34-36)22-7-3-1-4-8-22/h1-19,27H,20H2/b28-19-/t27-/m0/s1. The van der Waals surface area contributed by atoms with Crippen molar-refractivity contribution >= 4 is 33.8 Å². The number of hydrogen-bond donors (Lipinski definition) is 0. The lowest BCUT2D eigenvalue weighted by atomic mass is 9.98. The van der Waals surface area contributed by atoms with Crippen molar-refractivity contribution in [2.75, 3.05) is 5.01 Å². The minimum Gasteiger partial charge on any atom is -0.266 e. The molecule has 7 rings (SSSR count). The van der Waals surface area contributed by atoms with E-state index in [1.54, 1.807) is 12.4 Å². The molecule has 7 nitrogen and oxygen atoms in total. The van der Waals surface area contributed by atoms with Crippen molar-refractivity contribution in [1.29, 1.82) is 0 Å². The molecule has 3 aromatic heterocycles. The molecule has 188 valence electrons. The van der Waals surface area contributed by atoms with Gasteiger partial charge in [0.1, 0.15) is 0 Å². The number of nitrogens with zero attached hydrogens (tertiary/aromatic N) is 6. The Balaban J connectivity index is 1.20. The zero-order valence-corrected chi connectivity index (χ0v) is 21.6. The second-order valence-corrected chi connectivity index (χ2v) is 10.3. The van der Waals surface area contributed by atoms with Crippen LogP contribution in [0.25, 0.3) is 22.4 Å². The highest BCUT2D eigenvalue weighted by molar-refractivity contribution is 7.15. The van der Waals surface area contributed by atoms with Crippen molar-refractivity contribution in [3.8, 4) is 11.4 Å². The maximum absolute atomic E-state index is 13.0. The van der Waals surface area contributed by atoms with Crippen LogP contribution in [-0.4, -0.2) is 25.3 Å². The average Bonchev–Trinajstić information content (AvgIpc) is 3.70. The maximum atomic E-state index is 13.0. The van der Waals surface area contributed by atoms with Crippen LogP contribution in [0.1, 0.15) is 29.2 Å². The first-order valence-electron chi connectivity index (χ1n) is 12.6. The van der Waals surface area contributed by atoms with Crippen molar-refractivity contribution < 1.29 is 0 Å². The predicted octanol–water partition coefficient (Wildman–Crippen LogP) is 5.12. The zero-order chi connectivity index (χ0) is 26.2. The lowest BCUT2D eigenvalue weighted by molar-refractivity contribution is 0.709. The fourth-order valence-corrected chi connectivity index (χ4v) is 5.73. The first-order chi connectivity index (χ1) is 19.2. The van der Waals surface area contributed by atoms with Gasteiger partial charge in [0.2, 0.25) is 4.96 Å². The molecule has 0 N–H and O–H groups in total. The first-order valence-corrected chi connectivity index (χ1v) is 13.4. The minimum atomic E-state index is -0.173. The number of hydrogen-bond acceptors (Lipinski definition) is 7. The SMILES string of the molecule is O=c1/c(=C/c2ccc(N3N=C(c4ccccc4)C[C@H]3c3ccccc3)cc2)sc2nc(-c3ccncc3)nn12. The van der Waals surface area contributed by atoms with Crippen LogP contribution in [0.15, 0.2) is 119 Å². The third-order valence-electron chi connectivity index (χ3n) is 6.78. The van der Waals surface area contributed by atoms with Gasteiger partial charge < -0.3 is 0 Å². The van der Waals surface area contributed by atoms with E-state index in [1.807, 2.05) is 54.6 Å². The van der Waals surface area contributed by atoms with Crippen molar-refractivity contribution in [3.05, 3.63) is 141 Å². The van der Waals surface area contributed by atoms with Gasteiger partial charge in [0.15, 0.2) is 5.82 Å². The minimum absolute atomic E-state index is 0.107. The van der Waals surface area contributed by atoms with Crippen LogP contribution < -0.4 is 15.1 Å². The molecule has 0 saturated carbocycles. The van der Waals surface area contributed by atoms with E-state index in [0.29, 0.717) is 15.3 Å². The van der Waals surface area contributed by atoms with Gasteiger partial charge in [-0.3, -0.25) is 14.8 Å². The molecule has 1 aliphatic rings. The van der Waals surface area contributed by atoms with Crippen molar-refractivity contribution in [3.63, 3.8) is 0 Å². The van der Waals surface area contributed by atoms with Crippen LogP contribution >= 0.6 is 11.3 Å². The zero-order valence-electron chi connectivity index (χ0n) is 20.8. The Hall–Kier alpha value is -4.95. The lowest BCUT2D eigenvalue weighted by Crippen LogP contribution is -2.23. The van der Waals surface area contributed by atoms with Crippen LogP contribution in [0.5, 0.6) is 0 Å². The van der Waals surface area contributed by atoms with E-state index in [9.17, 15) is 4.79 Å². The number of fused-ring (bicyclic) bond motifs is 1. The molecular weight excluding hydrogens is 504 g/mol. The fourth-order valence-electron chi connectivity index (χ4n) is 4.82. The van der Waals surface area contributed by atoms with Crippen LogP contribution in [0, 0.1) is 0 Å². The Bertz CT molecular complexity index is 1900. The monoisotopic (exact) mass is 526 g/mol. The largest absolute Gasteiger partial charge is 0.291 e. The van der Waals surface area contributed by atoms with E-state index in [4.69, 9.17) is 5.10 Å². The van der Waals surface area contributed by atoms with Gasteiger partial charge in [-0.25, -0.2) is 0 Å². The summed E-state index contributed by atoms with van der Waals surface area (Å²) in [5.74, 6) is 0.519. The number of aromatic nitrogens is 4. The smallest absolute Gasteiger partial charge is 0.266 e. The molecule has 1 aliphatic heterocycles. The molecule has 0 spiro atoms. The van der Waals surface area contributed by atoms with E-state index in [2.05, 4.69) is 68.6 Å². The molecule has 3 aromatic carbocycles. The highest BCUT2D eigenvalue weighted by atomic mass is 32.1. The third-order valence-corrected chi connectivity index (χ3v) is 7.74. The summed E-state index contributed by atoms with van der Waals surface area (Å²) >= 11 is 1.33. The van der Waals surface area contributed by atoms with Gasteiger partial charge in [0, 0.05) is 24.4 Å². The normalized spacial score (nSPS) is 15.7. The van der Waals surface area contributed by atoms with Gasteiger partial charge in [0.05, 0.1) is 22.0 Å². The molecule has 0 amide bonds. The molecule has 6 aromatic rings. The van der Waals surface area contributed by atoms with Gasteiger partial charge in [-0.15, -0.1) is 5.10 Å². The van der Waals surface area contributed by atoms with Crippen LogP contribution in [0.4, 0.5) is 5.69 Å². The molecular formula is C31H22N6OS. The fraction of sp³-hybridized carbons (Fsp3) is 0.0645. The van der Waals surface area contributed by atoms with Crippen LogP contribution in [0.3, 0.4) is 0 Å². The summed E-state index contributed by atoms with van der Waals surface area (Å²) in [5.41, 5.74) is 6.01. The molecule has 39 heavy (non-hydrogen) atoms. The first kappa shape index (κ1) is 23.2. The highest BCUT2D eigenvalue weighted by Gasteiger charge is 2.29. The van der Waals surface area contributed by atoms with Gasteiger partial charge in [-0.05, 0) is 47.0 Å². The van der Waals surface area contributed by atoms with Gasteiger partial charge in [-0.2, -0.15) is 14.6 Å².